The standard InChI is InChI=1S/C21H21N5O2/c1-22-21(28)26-10-2-3-15-8-9-18(11-19(15)26)25-20(27)16-6-4-14(5-7-16)17-12-23-24-13-17/h4-9,11-13H,2-3,10H2,1H3,(H,22,28)(H,23,24)(H,25,27). The van der Waals surface area contributed by atoms with Gasteiger partial charge in [0.05, 0.1) is 11.9 Å². The maximum atomic E-state index is 12.6. The van der Waals surface area contributed by atoms with Crippen molar-refractivity contribution in [2.45, 2.75) is 12.8 Å². The van der Waals surface area contributed by atoms with Crippen LogP contribution < -0.4 is 15.5 Å². The highest BCUT2D eigenvalue weighted by atomic mass is 16.2. The molecule has 3 amide bonds. The van der Waals surface area contributed by atoms with Crippen molar-refractivity contribution in [2.75, 3.05) is 23.8 Å². The molecular weight excluding hydrogens is 354 g/mol. The monoisotopic (exact) mass is 375 g/mol. The second kappa shape index (κ2) is 7.56. The fraction of sp³-hybridized carbons (Fsp3) is 0.190. The van der Waals surface area contributed by atoms with E-state index in [4.69, 9.17) is 0 Å². The Morgan fingerprint density at radius 3 is 2.64 bits per heavy atom. The second-order valence-corrected chi connectivity index (χ2v) is 6.67. The molecule has 2 aromatic carbocycles. The first-order valence-electron chi connectivity index (χ1n) is 9.18. The molecule has 142 valence electrons. The number of H-pyrrole nitrogens is 1. The van der Waals surface area contributed by atoms with Crippen molar-refractivity contribution in [1.82, 2.24) is 15.5 Å². The highest BCUT2D eigenvalue weighted by Gasteiger charge is 2.22. The minimum absolute atomic E-state index is 0.140. The third kappa shape index (κ3) is 3.46. The lowest BCUT2D eigenvalue weighted by molar-refractivity contribution is 0.102. The summed E-state index contributed by atoms with van der Waals surface area (Å²) in [6.45, 7) is 0.666. The van der Waals surface area contributed by atoms with Gasteiger partial charge in [0.2, 0.25) is 0 Å². The first kappa shape index (κ1) is 17.8. The smallest absolute Gasteiger partial charge is 0.321 e. The first-order chi connectivity index (χ1) is 13.7. The summed E-state index contributed by atoms with van der Waals surface area (Å²) in [6.07, 6.45) is 5.39. The van der Waals surface area contributed by atoms with Crippen molar-refractivity contribution in [3.8, 4) is 11.1 Å². The molecule has 3 N–H and O–H groups in total. The molecular formula is C21H21N5O2. The number of urea groups is 1. The highest BCUT2D eigenvalue weighted by Crippen LogP contribution is 2.30. The van der Waals surface area contributed by atoms with Gasteiger partial charge in [-0.3, -0.25) is 14.8 Å². The molecule has 0 radical (unpaired) electrons. The van der Waals surface area contributed by atoms with Crippen LogP contribution in [0.2, 0.25) is 0 Å². The fourth-order valence-corrected chi connectivity index (χ4v) is 3.42. The van der Waals surface area contributed by atoms with Gasteiger partial charge in [0.1, 0.15) is 0 Å². The van der Waals surface area contributed by atoms with Gasteiger partial charge in [-0.05, 0) is 48.2 Å². The number of rotatable bonds is 3. The predicted octanol–water partition coefficient (Wildman–Crippen LogP) is 3.42. The van der Waals surface area contributed by atoms with Gasteiger partial charge < -0.3 is 10.6 Å². The Hall–Kier alpha value is -3.61. The van der Waals surface area contributed by atoms with Crippen LogP contribution >= 0.6 is 0 Å². The van der Waals surface area contributed by atoms with E-state index in [0.717, 1.165) is 35.2 Å². The van der Waals surface area contributed by atoms with Crippen LogP contribution in [0.4, 0.5) is 16.2 Å². The molecule has 0 fully saturated rings. The van der Waals surface area contributed by atoms with Gasteiger partial charge in [0.15, 0.2) is 0 Å². The van der Waals surface area contributed by atoms with Crippen molar-refractivity contribution >= 4 is 23.3 Å². The maximum Gasteiger partial charge on any atom is 0.321 e. The quantitative estimate of drug-likeness (QED) is 0.655. The summed E-state index contributed by atoms with van der Waals surface area (Å²) in [4.78, 5) is 26.5. The van der Waals surface area contributed by atoms with Gasteiger partial charge in [0, 0.05) is 36.6 Å². The van der Waals surface area contributed by atoms with E-state index >= 15 is 0 Å². The largest absolute Gasteiger partial charge is 0.341 e. The number of aromatic amines is 1. The number of anilines is 2. The molecule has 0 unspecified atom stereocenters. The molecule has 0 saturated carbocycles. The number of nitrogens with one attached hydrogen (secondary N) is 3. The SMILES string of the molecule is CNC(=O)N1CCCc2ccc(NC(=O)c3ccc(-c4cn[nH]c4)cc3)cc21. The number of carbonyl (C=O) groups excluding carboxylic acids is 2. The van der Waals surface area contributed by atoms with Crippen LogP contribution in [0.3, 0.4) is 0 Å². The average molecular weight is 375 g/mol. The molecule has 0 atom stereocenters. The summed E-state index contributed by atoms with van der Waals surface area (Å²) in [5.74, 6) is -0.194. The summed E-state index contributed by atoms with van der Waals surface area (Å²) in [5.41, 5.74) is 5.14. The molecule has 7 heteroatoms. The van der Waals surface area contributed by atoms with Crippen LogP contribution in [-0.4, -0.2) is 35.7 Å². The third-order valence-electron chi connectivity index (χ3n) is 4.90. The van der Waals surface area contributed by atoms with Gasteiger partial charge in [0.25, 0.3) is 5.91 Å². The number of nitrogens with zero attached hydrogens (tertiary/aromatic N) is 2. The van der Waals surface area contributed by atoms with E-state index in [2.05, 4.69) is 20.8 Å². The number of hydrogen-bond donors (Lipinski definition) is 3. The first-order valence-corrected chi connectivity index (χ1v) is 9.18. The Kier molecular flexibility index (Phi) is 4.80. The summed E-state index contributed by atoms with van der Waals surface area (Å²) in [5, 5.41) is 12.3. The van der Waals surface area contributed by atoms with Crippen LogP contribution in [0.1, 0.15) is 22.3 Å². The fourth-order valence-electron chi connectivity index (χ4n) is 3.42. The molecule has 1 aromatic heterocycles. The number of hydrogen-bond acceptors (Lipinski definition) is 3. The van der Waals surface area contributed by atoms with Gasteiger partial charge in [-0.2, -0.15) is 5.10 Å². The molecule has 0 aliphatic carbocycles. The highest BCUT2D eigenvalue weighted by molar-refractivity contribution is 6.05. The molecule has 0 bridgehead atoms. The lowest BCUT2D eigenvalue weighted by Gasteiger charge is -2.29. The molecule has 0 spiro atoms. The minimum Gasteiger partial charge on any atom is -0.341 e. The topological polar surface area (TPSA) is 90.1 Å². The minimum atomic E-state index is -0.194. The normalized spacial score (nSPS) is 13.0. The summed E-state index contributed by atoms with van der Waals surface area (Å²) < 4.78 is 0. The van der Waals surface area contributed by atoms with Crippen LogP contribution in [0.25, 0.3) is 11.1 Å². The molecule has 28 heavy (non-hydrogen) atoms. The van der Waals surface area contributed by atoms with Crippen LogP contribution in [-0.2, 0) is 6.42 Å². The van der Waals surface area contributed by atoms with Crippen molar-refractivity contribution in [1.29, 1.82) is 0 Å². The third-order valence-corrected chi connectivity index (χ3v) is 4.90. The Bertz CT molecular complexity index is 996. The Morgan fingerprint density at radius 1 is 1.11 bits per heavy atom. The molecule has 7 nitrogen and oxygen atoms in total. The zero-order chi connectivity index (χ0) is 19.5. The summed E-state index contributed by atoms with van der Waals surface area (Å²) in [7, 11) is 1.62. The van der Waals surface area contributed by atoms with Crippen LogP contribution in [0, 0.1) is 0 Å². The van der Waals surface area contributed by atoms with E-state index in [1.54, 1.807) is 36.5 Å². The summed E-state index contributed by atoms with van der Waals surface area (Å²) in [6, 6.07) is 12.9. The molecule has 2 heterocycles. The number of fused-ring (bicyclic) bond motifs is 1. The summed E-state index contributed by atoms with van der Waals surface area (Å²) >= 11 is 0. The van der Waals surface area contributed by atoms with Gasteiger partial charge in [-0.1, -0.05) is 18.2 Å². The zero-order valence-corrected chi connectivity index (χ0v) is 15.5. The number of aryl methyl sites for hydroxylation is 1. The number of aromatic nitrogens is 2. The maximum absolute atomic E-state index is 12.6. The number of amides is 3. The van der Waals surface area contributed by atoms with E-state index in [9.17, 15) is 9.59 Å². The zero-order valence-electron chi connectivity index (χ0n) is 15.5. The van der Waals surface area contributed by atoms with Gasteiger partial charge >= 0.3 is 6.03 Å². The van der Waals surface area contributed by atoms with Gasteiger partial charge in [-0.15, -0.1) is 0 Å². The van der Waals surface area contributed by atoms with Gasteiger partial charge in [-0.25, -0.2) is 4.79 Å². The van der Waals surface area contributed by atoms with Crippen LogP contribution in [0.15, 0.2) is 54.9 Å². The predicted molar refractivity (Wildman–Crippen MR) is 109 cm³/mol. The number of benzene rings is 2. The van der Waals surface area contributed by atoms with E-state index in [-0.39, 0.29) is 11.9 Å². The molecule has 1 aliphatic rings. The lowest BCUT2D eigenvalue weighted by atomic mass is 10.0. The van der Waals surface area contributed by atoms with Crippen molar-refractivity contribution in [3.05, 3.63) is 66.0 Å². The lowest BCUT2D eigenvalue weighted by Crippen LogP contribution is -2.41. The molecule has 4 rings (SSSR count). The molecule has 1 aliphatic heterocycles. The molecule has 0 saturated heterocycles. The van der Waals surface area contributed by atoms with E-state index < -0.39 is 0 Å². The molecule has 3 aromatic rings. The van der Waals surface area contributed by atoms with E-state index in [0.29, 0.717) is 17.8 Å². The van der Waals surface area contributed by atoms with E-state index in [1.807, 2.05) is 30.3 Å². The van der Waals surface area contributed by atoms with Crippen molar-refractivity contribution < 1.29 is 9.59 Å². The Morgan fingerprint density at radius 2 is 1.93 bits per heavy atom. The second-order valence-electron chi connectivity index (χ2n) is 6.67. The average Bonchev–Trinajstić information content (AvgIpc) is 3.27. The van der Waals surface area contributed by atoms with Crippen molar-refractivity contribution in [2.24, 2.45) is 0 Å². The Labute approximate surface area is 162 Å². The van der Waals surface area contributed by atoms with Crippen molar-refractivity contribution in [3.63, 3.8) is 0 Å². The number of carbonyl (C=O) groups is 2. The van der Waals surface area contributed by atoms with Crippen LogP contribution in [0.5, 0.6) is 0 Å². The van der Waals surface area contributed by atoms with E-state index in [1.165, 1.54) is 0 Å². The Balaban J connectivity index is 1.53.